The van der Waals surface area contributed by atoms with Crippen molar-refractivity contribution in [2.24, 2.45) is 4.99 Å². The summed E-state index contributed by atoms with van der Waals surface area (Å²) in [5.74, 6) is 0.690. The minimum atomic E-state index is -0.508. The van der Waals surface area contributed by atoms with Crippen molar-refractivity contribution >= 4 is 23.4 Å². The first-order chi connectivity index (χ1) is 10.6. The Bertz CT molecular complexity index is 519. The molecule has 0 fully saturated rings. The molecule has 3 N–H and O–H groups in total. The molecule has 0 aliphatic rings. The van der Waals surface area contributed by atoms with Crippen LogP contribution in [-0.2, 0) is 11.3 Å². The smallest absolute Gasteiger partial charge is 0.408 e. The van der Waals surface area contributed by atoms with Crippen LogP contribution in [0.15, 0.2) is 21.8 Å². The summed E-state index contributed by atoms with van der Waals surface area (Å²) in [5, 5.41) is 13.4. The van der Waals surface area contributed by atoms with Crippen molar-refractivity contribution in [3.63, 3.8) is 0 Å². The maximum atomic E-state index is 11.9. The van der Waals surface area contributed by atoms with Gasteiger partial charge >= 0.3 is 6.09 Å². The van der Waals surface area contributed by atoms with E-state index in [0.717, 1.165) is 0 Å². The molecule has 1 amide bonds. The number of guanidine groups is 1. The highest BCUT2D eigenvalue weighted by Crippen LogP contribution is 2.09. The van der Waals surface area contributed by atoms with Crippen molar-refractivity contribution in [1.29, 1.82) is 0 Å². The van der Waals surface area contributed by atoms with E-state index in [9.17, 15) is 4.79 Å². The van der Waals surface area contributed by atoms with Crippen LogP contribution < -0.4 is 16.0 Å². The molecule has 1 heterocycles. The van der Waals surface area contributed by atoms with Crippen LogP contribution in [0.4, 0.5) is 4.79 Å². The normalized spacial score (nSPS) is 12.7. The first kappa shape index (κ1) is 19.3. The van der Waals surface area contributed by atoms with Crippen LogP contribution in [0.1, 0.15) is 40.2 Å². The van der Waals surface area contributed by atoms with Crippen molar-refractivity contribution in [1.82, 2.24) is 16.0 Å². The Morgan fingerprint density at radius 2 is 1.96 bits per heavy atom. The third-order valence-corrected chi connectivity index (χ3v) is 3.53. The van der Waals surface area contributed by atoms with Gasteiger partial charge in [-0.1, -0.05) is 0 Å². The van der Waals surface area contributed by atoms with Gasteiger partial charge in [0.25, 0.3) is 0 Å². The van der Waals surface area contributed by atoms with Gasteiger partial charge in [0.2, 0.25) is 0 Å². The summed E-state index contributed by atoms with van der Waals surface area (Å²) in [6.45, 7) is 10.6. The molecule has 6 nitrogen and oxygen atoms in total. The minimum Gasteiger partial charge on any atom is -0.444 e. The van der Waals surface area contributed by atoms with Crippen LogP contribution in [-0.4, -0.2) is 36.8 Å². The summed E-state index contributed by atoms with van der Waals surface area (Å²) >= 11 is 1.67. The summed E-state index contributed by atoms with van der Waals surface area (Å²) in [6, 6.07) is 2.07. The summed E-state index contributed by atoms with van der Waals surface area (Å²) in [6.07, 6.45) is -0.425. The van der Waals surface area contributed by atoms with E-state index < -0.39 is 17.2 Å². The highest BCUT2D eigenvalue weighted by molar-refractivity contribution is 7.07. The molecule has 0 aliphatic carbocycles. The van der Waals surface area contributed by atoms with E-state index in [2.05, 4.69) is 32.4 Å². The Hall–Kier alpha value is -1.76. The van der Waals surface area contributed by atoms with Crippen LogP contribution in [0.5, 0.6) is 0 Å². The molecule has 0 aromatic carbocycles. The van der Waals surface area contributed by atoms with Crippen molar-refractivity contribution in [3.05, 3.63) is 22.4 Å². The summed E-state index contributed by atoms with van der Waals surface area (Å²) in [5.41, 5.74) is 0.234. The number of nitrogens with one attached hydrogen (secondary N) is 3. The highest BCUT2D eigenvalue weighted by atomic mass is 32.1. The lowest BCUT2D eigenvalue weighted by molar-refractivity contribution is 0.0474. The molecular weight excluding hydrogens is 312 g/mol. The van der Waals surface area contributed by atoms with Gasteiger partial charge < -0.3 is 20.7 Å². The average molecular weight is 340 g/mol. The van der Waals surface area contributed by atoms with Gasteiger partial charge in [-0.05, 0) is 57.0 Å². The van der Waals surface area contributed by atoms with E-state index in [1.54, 1.807) is 18.4 Å². The van der Waals surface area contributed by atoms with Gasteiger partial charge in [0.1, 0.15) is 5.60 Å². The SMILES string of the molecule is CN=C(NCc1ccsc1)NCC(C)(C)NC(=O)OC(C)(C)C. The van der Waals surface area contributed by atoms with E-state index in [1.165, 1.54) is 5.56 Å². The Morgan fingerprint density at radius 3 is 2.48 bits per heavy atom. The number of rotatable bonds is 5. The molecule has 0 saturated heterocycles. The zero-order valence-corrected chi connectivity index (χ0v) is 15.6. The Morgan fingerprint density at radius 1 is 1.26 bits per heavy atom. The molecule has 0 bridgehead atoms. The second kappa shape index (κ2) is 8.19. The first-order valence-corrected chi connectivity index (χ1v) is 8.52. The van der Waals surface area contributed by atoms with Crippen molar-refractivity contribution in [2.45, 2.75) is 52.3 Å². The average Bonchev–Trinajstić information content (AvgIpc) is 2.88. The second-order valence-electron chi connectivity index (χ2n) is 6.92. The zero-order valence-electron chi connectivity index (χ0n) is 14.8. The fourth-order valence-electron chi connectivity index (χ4n) is 1.73. The topological polar surface area (TPSA) is 74.8 Å². The largest absolute Gasteiger partial charge is 0.444 e. The molecule has 1 aromatic heterocycles. The highest BCUT2D eigenvalue weighted by Gasteiger charge is 2.24. The molecule has 1 rings (SSSR count). The molecule has 0 saturated carbocycles. The fraction of sp³-hybridized carbons (Fsp3) is 0.625. The van der Waals surface area contributed by atoms with Gasteiger partial charge in [0, 0.05) is 20.1 Å². The number of carbonyl (C=O) groups is 1. The van der Waals surface area contributed by atoms with Crippen molar-refractivity contribution in [2.75, 3.05) is 13.6 Å². The maximum Gasteiger partial charge on any atom is 0.408 e. The predicted octanol–water partition coefficient (Wildman–Crippen LogP) is 2.72. The number of amides is 1. The Labute approximate surface area is 142 Å². The summed E-state index contributed by atoms with van der Waals surface area (Å²) in [4.78, 5) is 16.0. The third-order valence-electron chi connectivity index (χ3n) is 2.80. The molecule has 0 unspecified atom stereocenters. The van der Waals surface area contributed by atoms with E-state index in [-0.39, 0.29) is 0 Å². The standard InChI is InChI=1S/C16H28N4O2S/c1-15(2,3)22-14(21)20-16(4,5)11-19-13(17-6)18-9-12-7-8-23-10-12/h7-8,10H,9,11H2,1-6H3,(H,20,21)(H2,17,18,19). The zero-order chi connectivity index (χ0) is 17.5. The molecule has 23 heavy (non-hydrogen) atoms. The van der Waals surface area contributed by atoms with E-state index in [0.29, 0.717) is 19.0 Å². The lowest BCUT2D eigenvalue weighted by Crippen LogP contribution is -2.54. The molecule has 0 spiro atoms. The van der Waals surface area contributed by atoms with Gasteiger partial charge in [-0.3, -0.25) is 4.99 Å². The van der Waals surface area contributed by atoms with Gasteiger partial charge in [-0.25, -0.2) is 4.79 Å². The molecule has 0 aliphatic heterocycles. The van der Waals surface area contributed by atoms with Gasteiger partial charge in [-0.15, -0.1) is 0 Å². The third kappa shape index (κ3) is 8.44. The van der Waals surface area contributed by atoms with E-state index in [4.69, 9.17) is 4.74 Å². The molecule has 0 atom stereocenters. The second-order valence-corrected chi connectivity index (χ2v) is 7.70. The number of carbonyl (C=O) groups excluding carboxylic acids is 1. The number of aliphatic imine (C=N–C) groups is 1. The molecule has 1 aromatic rings. The number of hydrogen-bond donors (Lipinski definition) is 3. The number of thiophene rings is 1. The Kier molecular flexibility index (Phi) is 6.87. The van der Waals surface area contributed by atoms with Crippen LogP contribution in [0.25, 0.3) is 0 Å². The van der Waals surface area contributed by atoms with Gasteiger partial charge in [0.05, 0.1) is 5.54 Å². The quantitative estimate of drug-likeness (QED) is 0.569. The number of alkyl carbamates (subject to hydrolysis) is 1. The van der Waals surface area contributed by atoms with E-state index in [1.807, 2.05) is 40.0 Å². The molecular formula is C16H28N4O2S. The first-order valence-electron chi connectivity index (χ1n) is 7.58. The van der Waals surface area contributed by atoms with Crippen LogP contribution in [0.2, 0.25) is 0 Å². The molecule has 0 radical (unpaired) electrons. The minimum absolute atomic E-state index is 0.425. The van der Waals surface area contributed by atoms with E-state index >= 15 is 0 Å². The number of hydrogen-bond acceptors (Lipinski definition) is 4. The molecule has 7 heteroatoms. The lowest BCUT2D eigenvalue weighted by atomic mass is 10.1. The maximum absolute atomic E-state index is 11.9. The van der Waals surface area contributed by atoms with Gasteiger partial charge in [-0.2, -0.15) is 11.3 Å². The number of nitrogens with zero attached hydrogens (tertiary/aromatic N) is 1. The summed E-state index contributed by atoms with van der Waals surface area (Å²) < 4.78 is 5.28. The molecule has 130 valence electrons. The number of ether oxygens (including phenoxy) is 1. The summed E-state index contributed by atoms with van der Waals surface area (Å²) in [7, 11) is 1.72. The fourth-order valence-corrected chi connectivity index (χ4v) is 2.40. The van der Waals surface area contributed by atoms with Crippen LogP contribution in [0.3, 0.4) is 0 Å². The van der Waals surface area contributed by atoms with Crippen LogP contribution >= 0.6 is 11.3 Å². The van der Waals surface area contributed by atoms with Crippen LogP contribution in [0, 0.1) is 0 Å². The van der Waals surface area contributed by atoms with Crippen molar-refractivity contribution in [3.8, 4) is 0 Å². The predicted molar refractivity (Wildman–Crippen MR) is 96.0 cm³/mol. The monoisotopic (exact) mass is 340 g/mol. The Balaban J connectivity index is 2.42. The van der Waals surface area contributed by atoms with Gasteiger partial charge in [0.15, 0.2) is 5.96 Å². The van der Waals surface area contributed by atoms with Crippen molar-refractivity contribution < 1.29 is 9.53 Å². The lowest BCUT2D eigenvalue weighted by Gasteiger charge is -2.29.